The number of aromatic nitrogens is 3. The van der Waals surface area contributed by atoms with E-state index in [0.29, 0.717) is 6.54 Å². The molecule has 2 rings (SSSR count). The number of allylic oxidation sites excluding steroid dienone is 1. The summed E-state index contributed by atoms with van der Waals surface area (Å²) in [6, 6.07) is 3.74. The zero-order chi connectivity index (χ0) is 11.5. The van der Waals surface area contributed by atoms with E-state index >= 15 is 0 Å². The molecule has 0 fully saturated rings. The third kappa shape index (κ3) is 1.75. The van der Waals surface area contributed by atoms with Crippen LogP contribution in [0.4, 0.5) is 0 Å². The summed E-state index contributed by atoms with van der Waals surface area (Å²) in [7, 11) is 0. The van der Waals surface area contributed by atoms with Crippen molar-refractivity contribution in [2.45, 2.75) is 6.54 Å². The Bertz CT molecular complexity index is 525. The lowest BCUT2D eigenvalue weighted by Gasteiger charge is -2.05. The number of carboxylic acid groups (broad SMARTS) is 1. The first-order valence-electron chi connectivity index (χ1n) is 4.76. The van der Waals surface area contributed by atoms with Gasteiger partial charge in [-0.3, -0.25) is 0 Å². The van der Waals surface area contributed by atoms with Crippen molar-refractivity contribution in [3.63, 3.8) is 0 Å². The average Bonchev–Trinajstić information content (AvgIpc) is 2.84. The zero-order valence-electron chi connectivity index (χ0n) is 8.58. The molecule has 16 heavy (non-hydrogen) atoms. The van der Waals surface area contributed by atoms with E-state index in [1.165, 1.54) is 17.1 Å². The predicted octanol–water partition coefficient (Wildman–Crippen LogP) is 1.56. The fraction of sp³-hybridized carbons (Fsp3) is 0.0909. The van der Waals surface area contributed by atoms with Gasteiger partial charge < -0.3 is 9.67 Å². The molecule has 0 saturated carbocycles. The van der Waals surface area contributed by atoms with Crippen LogP contribution in [-0.4, -0.2) is 25.4 Å². The molecular formula is C11H11N3O2. The van der Waals surface area contributed by atoms with Crippen molar-refractivity contribution in [3.8, 4) is 5.82 Å². The topological polar surface area (TPSA) is 60.0 Å². The van der Waals surface area contributed by atoms with Crippen LogP contribution in [0.5, 0.6) is 0 Å². The molecule has 0 atom stereocenters. The van der Waals surface area contributed by atoms with Gasteiger partial charge in [0.2, 0.25) is 0 Å². The Hall–Kier alpha value is -2.30. The molecular weight excluding hydrogens is 206 g/mol. The smallest absolute Gasteiger partial charge is 0.338 e. The van der Waals surface area contributed by atoms with Gasteiger partial charge in [0.15, 0.2) is 0 Å². The van der Waals surface area contributed by atoms with Crippen LogP contribution in [0.3, 0.4) is 0 Å². The van der Waals surface area contributed by atoms with Gasteiger partial charge in [-0.15, -0.1) is 6.58 Å². The van der Waals surface area contributed by atoms with Crippen molar-refractivity contribution in [1.29, 1.82) is 0 Å². The quantitative estimate of drug-likeness (QED) is 0.790. The highest BCUT2D eigenvalue weighted by Gasteiger charge is 2.08. The van der Waals surface area contributed by atoms with Crippen LogP contribution in [0.25, 0.3) is 5.82 Å². The summed E-state index contributed by atoms with van der Waals surface area (Å²) >= 11 is 0. The van der Waals surface area contributed by atoms with Crippen molar-refractivity contribution in [2.24, 2.45) is 0 Å². The predicted molar refractivity (Wildman–Crippen MR) is 58.7 cm³/mol. The highest BCUT2D eigenvalue weighted by atomic mass is 16.4. The summed E-state index contributed by atoms with van der Waals surface area (Å²) in [5, 5.41) is 12.8. The molecule has 0 radical (unpaired) electrons. The van der Waals surface area contributed by atoms with Gasteiger partial charge in [0.05, 0.1) is 11.8 Å². The molecule has 0 aromatic carbocycles. The number of hydrogen-bond donors (Lipinski definition) is 1. The Morgan fingerprint density at radius 1 is 1.62 bits per heavy atom. The van der Waals surface area contributed by atoms with Gasteiger partial charge in [-0.2, -0.15) is 5.10 Å². The van der Waals surface area contributed by atoms with Crippen molar-refractivity contribution in [2.75, 3.05) is 0 Å². The van der Waals surface area contributed by atoms with Crippen LogP contribution >= 0.6 is 0 Å². The maximum atomic E-state index is 10.7. The number of nitrogens with zero attached hydrogens (tertiary/aromatic N) is 3. The molecule has 2 aromatic rings. The van der Waals surface area contributed by atoms with Crippen molar-refractivity contribution >= 4 is 5.97 Å². The van der Waals surface area contributed by atoms with Gasteiger partial charge in [-0.1, -0.05) is 6.08 Å². The van der Waals surface area contributed by atoms with Crippen LogP contribution in [0.15, 0.2) is 43.4 Å². The fourth-order valence-corrected chi connectivity index (χ4v) is 1.47. The van der Waals surface area contributed by atoms with Gasteiger partial charge in [-0.05, 0) is 12.1 Å². The summed E-state index contributed by atoms with van der Waals surface area (Å²) in [4.78, 5) is 10.7. The summed E-state index contributed by atoms with van der Waals surface area (Å²) < 4.78 is 3.46. The molecule has 0 aliphatic rings. The average molecular weight is 217 g/mol. The van der Waals surface area contributed by atoms with Crippen LogP contribution in [0, 0.1) is 0 Å². The van der Waals surface area contributed by atoms with Crippen molar-refractivity contribution in [1.82, 2.24) is 14.3 Å². The number of hydrogen-bond acceptors (Lipinski definition) is 2. The van der Waals surface area contributed by atoms with Crippen molar-refractivity contribution < 1.29 is 9.90 Å². The second-order valence-electron chi connectivity index (χ2n) is 3.29. The minimum atomic E-state index is -0.979. The summed E-state index contributed by atoms with van der Waals surface area (Å²) in [6.45, 7) is 4.32. The van der Waals surface area contributed by atoms with Gasteiger partial charge in [0.25, 0.3) is 0 Å². The molecule has 5 heteroatoms. The zero-order valence-corrected chi connectivity index (χ0v) is 8.58. The maximum Gasteiger partial charge on any atom is 0.338 e. The third-order valence-electron chi connectivity index (χ3n) is 2.20. The molecule has 2 heterocycles. The summed E-state index contributed by atoms with van der Waals surface area (Å²) in [5.41, 5.74) is 0.173. The molecule has 0 saturated heterocycles. The van der Waals surface area contributed by atoms with Crippen LogP contribution in [0.2, 0.25) is 0 Å². The van der Waals surface area contributed by atoms with E-state index < -0.39 is 5.97 Å². The van der Waals surface area contributed by atoms with E-state index in [9.17, 15) is 4.79 Å². The van der Waals surface area contributed by atoms with Crippen LogP contribution in [0.1, 0.15) is 10.4 Å². The molecule has 0 aliphatic heterocycles. The van der Waals surface area contributed by atoms with Crippen LogP contribution < -0.4 is 0 Å². The van der Waals surface area contributed by atoms with Crippen molar-refractivity contribution in [3.05, 3.63) is 48.9 Å². The van der Waals surface area contributed by atoms with E-state index in [4.69, 9.17) is 5.11 Å². The Morgan fingerprint density at radius 2 is 2.44 bits per heavy atom. The Morgan fingerprint density at radius 3 is 3.06 bits per heavy atom. The minimum absolute atomic E-state index is 0.173. The Labute approximate surface area is 92.2 Å². The summed E-state index contributed by atoms with van der Waals surface area (Å²) in [5.74, 6) is -0.166. The molecule has 82 valence electrons. The van der Waals surface area contributed by atoms with E-state index in [-0.39, 0.29) is 5.56 Å². The Kier molecular flexibility index (Phi) is 2.59. The first-order valence-corrected chi connectivity index (χ1v) is 4.76. The highest BCUT2D eigenvalue weighted by molar-refractivity contribution is 5.86. The monoisotopic (exact) mass is 217 g/mol. The van der Waals surface area contributed by atoms with E-state index in [2.05, 4.69) is 11.7 Å². The second-order valence-corrected chi connectivity index (χ2v) is 3.29. The van der Waals surface area contributed by atoms with E-state index in [1.807, 2.05) is 22.9 Å². The first-order chi connectivity index (χ1) is 7.72. The van der Waals surface area contributed by atoms with Gasteiger partial charge in [0, 0.05) is 18.9 Å². The molecule has 5 nitrogen and oxygen atoms in total. The number of aromatic carboxylic acids is 1. The Balaban J connectivity index is 2.38. The lowest BCUT2D eigenvalue weighted by Crippen LogP contribution is -2.04. The summed E-state index contributed by atoms with van der Waals surface area (Å²) in [6.07, 6.45) is 6.47. The number of rotatable bonds is 4. The molecule has 1 N–H and O–H groups in total. The van der Waals surface area contributed by atoms with E-state index in [1.54, 1.807) is 6.08 Å². The second kappa shape index (κ2) is 4.06. The highest BCUT2D eigenvalue weighted by Crippen LogP contribution is 2.09. The van der Waals surface area contributed by atoms with Gasteiger partial charge in [0.1, 0.15) is 5.82 Å². The number of carboxylic acids is 1. The SMILES string of the molecule is C=CCn1cccc1-n1cc(C(=O)O)cn1. The lowest BCUT2D eigenvalue weighted by atomic mass is 10.4. The van der Waals surface area contributed by atoms with Crippen LogP contribution in [-0.2, 0) is 6.54 Å². The van der Waals surface area contributed by atoms with Gasteiger partial charge >= 0.3 is 5.97 Å². The fourth-order valence-electron chi connectivity index (χ4n) is 1.47. The third-order valence-corrected chi connectivity index (χ3v) is 2.20. The van der Waals surface area contributed by atoms with Gasteiger partial charge in [-0.25, -0.2) is 9.48 Å². The molecule has 0 spiro atoms. The largest absolute Gasteiger partial charge is 0.478 e. The number of carbonyl (C=O) groups is 1. The minimum Gasteiger partial charge on any atom is -0.478 e. The standard InChI is InChI=1S/C11H11N3O2/c1-2-5-13-6-3-4-10(13)14-8-9(7-12-14)11(15)16/h2-4,6-8H,1,5H2,(H,15,16). The lowest BCUT2D eigenvalue weighted by molar-refractivity contribution is 0.0697. The molecule has 0 unspecified atom stereocenters. The first kappa shape index (κ1) is 10.2. The molecule has 0 amide bonds. The molecule has 2 aromatic heterocycles. The molecule has 0 aliphatic carbocycles. The molecule has 0 bridgehead atoms. The normalized spacial score (nSPS) is 10.2. The maximum absolute atomic E-state index is 10.7. The van der Waals surface area contributed by atoms with E-state index in [0.717, 1.165) is 5.82 Å².